The lowest BCUT2D eigenvalue weighted by atomic mass is 9.57. The fraction of sp³-hybridized carbons (Fsp3) is 0.812. The summed E-state index contributed by atoms with van der Waals surface area (Å²) >= 11 is 0. The lowest BCUT2D eigenvalue weighted by Gasteiger charge is -2.43. The minimum atomic E-state index is -1.03. The molecule has 5 heteroatoms. The first-order valence-corrected chi connectivity index (χ1v) is 7.96. The molecular weight excluding hydrogens is 270 g/mol. The maximum Gasteiger partial charge on any atom is 0.303 e. The van der Waals surface area contributed by atoms with E-state index in [9.17, 15) is 19.5 Å². The summed E-state index contributed by atoms with van der Waals surface area (Å²) in [5, 5.41) is 12.5. The molecule has 2 rings (SSSR count). The van der Waals surface area contributed by atoms with Crippen LogP contribution in [0.1, 0.15) is 51.9 Å². The summed E-state index contributed by atoms with van der Waals surface area (Å²) in [6, 6.07) is 0. The maximum atomic E-state index is 12.8. The Hall–Kier alpha value is -1.23. The maximum absolute atomic E-state index is 12.8. The number of hydrogen-bond donors (Lipinski definition) is 2. The molecule has 2 aliphatic rings. The monoisotopic (exact) mass is 295 g/mol. The van der Waals surface area contributed by atoms with Crippen LogP contribution in [0.4, 0.5) is 0 Å². The van der Waals surface area contributed by atoms with Crippen molar-refractivity contribution in [2.24, 2.45) is 17.3 Å². The van der Waals surface area contributed by atoms with Gasteiger partial charge in [0.25, 0.3) is 0 Å². The van der Waals surface area contributed by atoms with Gasteiger partial charge in [0.2, 0.25) is 0 Å². The summed E-state index contributed by atoms with van der Waals surface area (Å²) in [5.41, 5.74) is -1.03. The first-order valence-electron chi connectivity index (χ1n) is 7.96. The Balaban J connectivity index is 2.35. The second-order valence-corrected chi connectivity index (χ2v) is 6.61. The predicted molar refractivity (Wildman–Crippen MR) is 77.9 cm³/mol. The molecule has 2 fully saturated rings. The average molecular weight is 295 g/mol. The van der Waals surface area contributed by atoms with Crippen molar-refractivity contribution in [2.75, 3.05) is 13.1 Å². The van der Waals surface area contributed by atoms with Gasteiger partial charge in [-0.3, -0.25) is 14.4 Å². The third kappa shape index (κ3) is 3.34. The minimum absolute atomic E-state index is 0.0144. The van der Waals surface area contributed by atoms with Crippen LogP contribution in [0.15, 0.2) is 0 Å². The number of nitrogens with one attached hydrogen (secondary N) is 1. The van der Waals surface area contributed by atoms with Crippen LogP contribution in [0.3, 0.4) is 0 Å². The first kappa shape index (κ1) is 16.1. The highest BCUT2D eigenvalue weighted by atomic mass is 16.4. The fourth-order valence-corrected chi connectivity index (χ4v) is 4.05. The topological polar surface area (TPSA) is 83.5 Å². The second-order valence-electron chi connectivity index (χ2n) is 6.61. The molecule has 3 atom stereocenters. The number of Topliss-reactive ketones (excluding diaryl/α,β-unsaturated/α-hetero) is 2. The Morgan fingerprint density at radius 1 is 1.29 bits per heavy atom. The van der Waals surface area contributed by atoms with E-state index >= 15 is 0 Å². The normalized spacial score (nSPS) is 35.1. The van der Waals surface area contributed by atoms with Crippen molar-refractivity contribution in [1.82, 2.24) is 5.32 Å². The molecule has 1 aliphatic carbocycles. The SMILES string of the molecule is CC1CC(=O)C2(CCCNCCCC2=O)[C@H](CC(=O)O)C1. The lowest BCUT2D eigenvalue weighted by Crippen LogP contribution is -2.50. The Bertz CT molecular complexity index is 434. The number of carboxylic acid groups (broad SMARTS) is 1. The first-order chi connectivity index (χ1) is 9.96. The van der Waals surface area contributed by atoms with E-state index in [4.69, 9.17) is 0 Å². The number of hydrogen-bond acceptors (Lipinski definition) is 4. The van der Waals surface area contributed by atoms with Crippen LogP contribution >= 0.6 is 0 Å². The predicted octanol–water partition coefficient (Wildman–Crippen LogP) is 1.80. The summed E-state index contributed by atoms with van der Waals surface area (Å²) in [4.78, 5) is 36.7. The quantitative estimate of drug-likeness (QED) is 0.759. The van der Waals surface area contributed by atoms with Crippen LogP contribution in [-0.4, -0.2) is 35.7 Å². The van der Waals surface area contributed by atoms with E-state index < -0.39 is 11.4 Å². The molecule has 1 aliphatic heterocycles. The summed E-state index contributed by atoms with van der Waals surface area (Å²) in [5.74, 6) is -1.11. The van der Waals surface area contributed by atoms with Gasteiger partial charge in [0, 0.05) is 19.3 Å². The minimum Gasteiger partial charge on any atom is -0.481 e. The number of ketones is 2. The van der Waals surface area contributed by atoms with E-state index in [-0.39, 0.29) is 29.8 Å². The smallest absolute Gasteiger partial charge is 0.303 e. The second kappa shape index (κ2) is 6.69. The molecule has 1 heterocycles. The van der Waals surface area contributed by atoms with E-state index in [1.54, 1.807) is 0 Å². The standard InChI is InChI=1S/C16H25NO4/c1-11-8-12(10-15(20)21)16(14(19)9-11)5-3-7-17-6-2-4-13(16)18/h11-12,17H,2-10H2,1H3,(H,20,21)/t11?,12-,16?/m0/s1. The molecule has 2 N–H and O–H groups in total. The van der Waals surface area contributed by atoms with Gasteiger partial charge < -0.3 is 10.4 Å². The van der Waals surface area contributed by atoms with Gasteiger partial charge >= 0.3 is 5.97 Å². The summed E-state index contributed by atoms with van der Waals surface area (Å²) in [6.07, 6.45) is 3.36. The van der Waals surface area contributed by atoms with Crippen LogP contribution in [0, 0.1) is 17.3 Å². The lowest BCUT2D eigenvalue weighted by molar-refractivity contribution is -0.153. The van der Waals surface area contributed by atoms with Crippen LogP contribution in [0.5, 0.6) is 0 Å². The van der Waals surface area contributed by atoms with Gasteiger partial charge in [0.1, 0.15) is 11.6 Å². The molecule has 0 aromatic carbocycles. The Morgan fingerprint density at radius 2 is 2.00 bits per heavy atom. The van der Waals surface area contributed by atoms with Crippen molar-refractivity contribution in [1.29, 1.82) is 0 Å². The highest BCUT2D eigenvalue weighted by Crippen LogP contribution is 2.47. The zero-order chi connectivity index (χ0) is 15.5. The number of rotatable bonds is 2. The van der Waals surface area contributed by atoms with Gasteiger partial charge in [0.15, 0.2) is 0 Å². The van der Waals surface area contributed by atoms with Gasteiger partial charge in [-0.2, -0.15) is 0 Å². The molecule has 0 amide bonds. The molecule has 0 radical (unpaired) electrons. The van der Waals surface area contributed by atoms with Crippen LogP contribution < -0.4 is 5.32 Å². The molecule has 1 spiro atoms. The molecule has 118 valence electrons. The average Bonchev–Trinajstić information content (AvgIpc) is 2.47. The molecule has 0 aromatic rings. The molecule has 2 unspecified atom stereocenters. The summed E-state index contributed by atoms with van der Waals surface area (Å²) in [7, 11) is 0. The zero-order valence-electron chi connectivity index (χ0n) is 12.7. The van der Waals surface area contributed by atoms with Crippen LogP contribution in [0.25, 0.3) is 0 Å². The van der Waals surface area contributed by atoms with Crippen molar-refractivity contribution in [2.45, 2.75) is 51.9 Å². The number of carbonyl (C=O) groups excluding carboxylic acids is 2. The number of carbonyl (C=O) groups is 3. The van der Waals surface area contributed by atoms with Gasteiger partial charge in [0.05, 0.1) is 5.41 Å². The van der Waals surface area contributed by atoms with E-state index in [2.05, 4.69) is 5.32 Å². The van der Waals surface area contributed by atoms with E-state index in [1.807, 2.05) is 6.92 Å². The van der Waals surface area contributed by atoms with Crippen molar-refractivity contribution in [3.63, 3.8) is 0 Å². The zero-order valence-corrected chi connectivity index (χ0v) is 12.7. The highest BCUT2D eigenvalue weighted by Gasteiger charge is 2.53. The van der Waals surface area contributed by atoms with Crippen molar-refractivity contribution >= 4 is 17.5 Å². The Morgan fingerprint density at radius 3 is 2.71 bits per heavy atom. The van der Waals surface area contributed by atoms with E-state index in [0.29, 0.717) is 25.7 Å². The van der Waals surface area contributed by atoms with Crippen LogP contribution in [0.2, 0.25) is 0 Å². The van der Waals surface area contributed by atoms with Gasteiger partial charge in [-0.15, -0.1) is 0 Å². The van der Waals surface area contributed by atoms with Gasteiger partial charge in [-0.25, -0.2) is 0 Å². The molecule has 1 saturated carbocycles. The third-order valence-electron chi connectivity index (χ3n) is 5.02. The number of carboxylic acids is 1. The van der Waals surface area contributed by atoms with Crippen molar-refractivity contribution in [3.8, 4) is 0 Å². The van der Waals surface area contributed by atoms with Crippen molar-refractivity contribution < 1.29 is 19.5 Å². The fourth-order valence-electron chi connectivity index (χ4n) is 4.05. The van der Waals surface area contributed by atoms with E-state index in [0.717, 1.165) is 25.9 Å². The Labute approximate surface area is 125 Å². The Kier molecular flexibility index (Phi) is 5.14. The van der Waals surface area contributed by atoms with E-state index in [1.165, 1.54) is 0 Å². The van der Waals surface area contributed by atoms with Crippen LogP contribution in [-0.2, 0) is 14.4 Å². The summed E-state index contributed by atoms with van der Waals surface area (Å²) in [6.45, 7) is 3.55. The summed E-state index contributed by atoms with van der Waals surface area (Å²) < 4.78 is 0. The van der Waals surface area contributed by atoms with Crippen molar-refractivity contribution in [3.05, 3.63) is 0 Å². The van der Waals surface area contributed by atoms with Gasteiger partial charge in [-0.05, 0) is 50.6 Å². The molecule has 21 heavy (non-hydrogen) atoms. The molecular formula is C16H25NO4. The largest absolute Gasteiger partial charge is 0.481 e. The third-order valence-corrected chi connectivity index (χ3v) is 5.02. The highest BCUT2D eigenvalue weighted by molar-refractivity contribution is 6.08. The van der Waals surface area contributed by atoms with Gasteiger partial charge in [-0.1, -0.05) is 6.92 Å². The number of aliphatic carboxylic acids is 1. The molecule has 5 nitrogen and oxygen atoms in total. The molecule has 0 bridgehead atoms. The molecule has 0 aromatic heterocycles. The molecule has 1 saturated heterocycles.